The number of carboxylic acid groups (broad SMARTS) is 1. The Morgan fingerprint density at radius 1 is 1.65 bits per heavy atom. The highest BCUT2D eigenvalue weighted by molar-refractivity contribution is 9.11. The molecule has 0 radical (unpaired) electrons. The molecule has 0 unspecified atom stereocenters. The van der Waals surface area contributed by atoms with Gasteiger partial charge in [0.2, 0.25) is 5.91 Å². The zero-order chi connectivity index (χ0) is 14.9. The second-order valence-electron chi connectivity index (χ2n) is 4.04. The lowest BCUT2D eigenvalue weighted by atomic mass is 10.1. The number of nitrogens with zero attached hydrogens (tertiary/aromatic N) is 1. The van der Waals surface area contributed by atoms with Gasteiger partial charge in [0, 0.05) is 17.5 Å². The molecule has 1 saturated heterocycles. The lowest BCUT2D eigenvalue weighted by molar-refractivity contribution is -0.146. The Labute approximate surface area is 127 Å². The molecule has 106 valence electrons. The first kappa shape index (κ1) is 14.9. The minimum absolute atomic E-state index is 0.136. The summed E-state index contributed by atoms with van der Waals surface area (Å²) >= 11 is 4.41. The predicted molar refractivity (Wildman–Crippen MR) is 74.7 cm³/mol. The fourth-order valence-corrected chi connectivity index (χ4v) is 3.55. The standard InChI is InChI=1S/C12H10BrNO5S/c1-6(15)19-5-7-8(2-3-13)20-10-4-9(16)14(10)11(7)12(17)18/h3,10H,4-5H2,1H3,(H,17,18)/t2?,10-/m1/s1. The maximum Gasteiger partial charge on any atom is 0.353 e. The number of hydrogen-bond acceptors (Lipinski definition) is 5. The Bertz CT molecular complexity index is 591. The number of aliphatic carboxylic acids is 1. The molecule has 20 heavy (non-hydrogen) atoms. The van der Waals surface area contributed by atoms with Crippen molar-refractivity contribution in [1.82, 2.24) is 4.90 Å². The molecule has 1 fully saturated rings. The molecule has 1 N–H and O–H groups in total. The van der Waals surface area contributed by atoms with E-state index >= 15 is 0 Å². The summed E-state index contributed by atoms with van der Waals surface area (Å²) in [5.41, 5.74) is 3.00. The lowest BCUT2D eigenvalue weighted by Crippen LogP contribution is -2.53. The van der Waals surface area contributed by atoms with Crippen molar-refractivity contribution in [2.24, 2.45) is 0 Å². The van der Waals surface area contributed by atoms with E-state index in [0.717, 1.165) is 0 Å². The van der Waals surface area contributed by atoms with E-state index in [0.29, 0.717) is 4.91 Å². The van der Waals surface area contributed by atoms with Crippen molar-refractivity contribution in [3.8, 4) is 0 Å². The molecule has 0 aromatic rings. The van der Waals surface area contributed by atoms with Crippen molar-refractivity contribution in [2.75, 3.05) is 6.61 Å². The van der Waals surface area contributed by atoms with Gasteiger partial charge in [0.05, 0.1) is 16.7 Å². The molecule has 2 aliphatic heterocycles. The quantitative estimate of drug-likeness (QED) is 0.468. The third kappa shape index (κ3) is 2.67. The Hall–Kier alpha value is -1.50. The van der Waals surface area contributed by atoms with E-state index in [4.69, 9.17) is 4.74 Å². The van der Waals surface area contributed by atoms with Crippen molar-refractivity contribution in [3.05, 3.63) is 26.9 Å². The predicted octanol–water partition coefficient (Wildman–Crippen LogP) is 1.58. The van der Waals surface area contributed by atoms with Crippen LogP contribution in [-0.2, 0) is 19.1 Å². The summed E-state index contributed by atoms with van der Waals surface area (Å²) in [4.78, 5) is 37.2. The number of amides is 1. The highest BCUT2D eigenvalue weighted by atomic mass is 79.9. The summed E-state index contributed by atoms with van der Waals surface area (Å²) in [6, 6.07) is 0. The minimum Gasteiger partial charge on any atom is -0.477 e. The van der Waals surface area contributed by atoms with Gasteiger partial charge in [0.1, 0.15) is 12.3 Å². The molecule has 2 aliphatic rings. The van der Waals surface area contributed by atoms with E-state index in [1.165, 1.54) is 28.6 Å². The molecule has 1 amide bonds. The maximum absolute atomic E-state index is 11.6. The number of carbonyl (C=O) groups is 3. The van der Waals surface area contributed by atoms with Crippen LogP contribution >= 0.6 is 27.7 Å². The molecular formula is C12H10BrNO5S. The number of fused-ring (bicyclic) bond motifs is 1. The molecule has 6 nitrogen and oxygen atoms in total. The Morgan fingerprint density at radius 3 is 2.85 bits per heavy atom. The molecule has 2 rings (SSSR count). The number of hydrogen-bond donors (Lipinski definition) is 1. The number of esters is 1. The van der Waals surface area contributed by atoms with Crippen LogP contribution in [0.1, 0.15) is 13.3 Å². The minimum atomic E-state index is -1.22. The van der Waals surface area contributed by atoms with Crippen molar-refractivity contribution in [1.29, 1.82) is 0 Å². The van der Waals surface area contributed by atoms with Crippen LogP contribution in [-0.4, -0.2) is 39.8 Å². The van der Waals surface area contributed by atoms with Crippen LogP contribution in [0, 0.1) is 0 Å². The topological polar surface area (TPSA) is 83.9 Å². The van der Waals surface area contributed by atoms with Crippen LogP contribution in [0.4, 0.5) is 0 Å². The second-order valence-corrected chi connectivity index (χ2v) is 5.68. The molecular weight excluding hydrogens is 350 g/mol. The zero-order valence-electron chi connectivity index (χ0n) is 10.4. The number of ether oxygens (including phenoxy) is 1. The largest absolute Gasteiger partial charge is 0.477 e. The Balaban J connectivity index is 2.49. The molecule has 0 saturated carbocycles. The highest BCUT2D eigenvalue weighted by Crippen LogP contribution is 2.45. The fourth-order valence-electron chi connectivity index (χ4n) is 1.92. The van der Waals surface area contributed by atoms with Crippen LogP contribution in [0.2, 0.25) is 0 Å². The van der Waals surface area contributed by atoms with Gasteiger partial charge in [-0.2, -0.15) is 0 Å². The van der Waals surface area contributed by atoms with Gasteiger partial charge in [-0.3, -0.25) is 14.5 Å². The smallest absolute Gasteiger partial charge is 0.353 e. The van der Waals surface area contributed by atoms with Crippen LogP contribution < -0.4 is 0 Å². The van der Waals surface area contributed by atoms with Crippen LogP contribution in [0.25, 0.3) is 0 Å². The van der Waals surface area contributed by atoms with E-state index in [-0.39, 0.29) is 35.6 Å². The van der Waals surface area contributed by atoms with Gasteiger partial charge in [-0.1, -0.05) is 33.4 Å². The van der Waals surface area contributed by atoms with Crippen molar-refractivity contribution < 1.29 is 24.2 Å². The molecule has 0 aliphatic carbocycles. The maximum atomic E-state index is 11.6. The first-order valence-corrected chi connectivity index (χ1v) is 7.39. The summed E-state index contributed by atoms with van der Waals surface area (Å²) in [7, 11) is 0. The van der Waals surface area contributed by atoms with E-state index in [1.54, 1.807) is 0 Å². The molecule has 0 bridgehead atoms. The summed E-state index contributed by atoms with van der Waals surface area (Å²) in [6.45, 7) is 1.03. The second kappa shape index (κ2) is 5.87. The monoisotopic (exact) mass is 359 g/mol. The average molecular weight is 360 g/mol. The van der Waals surface area contributed by atoms with Gasteiger partial charge in [0.25, 0.3) is 0 Å². The normalized spacial score (nSPS) is 20.9. The molecule has 2 heterocycles. The molecule has 8 heteroatoms. The van der Waals surface area contributed by atoms with Gasteiger partial charge >= 0.3 is 11.9 Å². The fraction of sp³-hybridized carbons (Fsp3) is 0.333. The summed E-state index contributed by atoms with van der Waals surface area (Å²) in [5.74, 6) is -1.99. The van der Waals surface area contributed by atoms with Crippen molar-refractivity contribution in [2.45, 2.75) is 18.7 Å². The molecule has 0 aromatic carbocycles. The number of β-lactam (4-membered cyclic amide) rings is 1. The lowest BCUT2D eigenvalue weighted by Gasteiger charge is -2.44. The molecule has 0 spiro atoms. The van der Waals surface area contributed by atoms with Gasteiger partial charge in [-0.05, 0) is 0 Å². The van der Waals surface area contributed by atoms with Crippen LogP contribution in [0.5, 0.6) is 0 Å². The van der Waals surface area contributed by atoms with Crippen molar-refractivity contribution >= 4 is 45.5 Å². The summed E-state index contributed by atoms with van der Waals surface area (Å²) in [6.07, 6.45) is 0.287. The Morgan fingerprint density at radius 2 is 2.35 bits per heavy atom. The highest BCUT2D eigenvalue weighted by Gasteiger charge is 2.47. The van der Waals surface area contributed by atoms with E-state index < -0.39 is 11.9 Å². The first-order valence-electron chi connectivity index (χ1n) is 5.60. The molecule has 1 atom stereocenters. The SMILES string of the molecule is CC(=O)OCC1=C(C(=O)O)N2C(=O)C[C@H]2SC1=C=CBr. The first-order chi connectivity index (χ1) is 9.45. The number of rotatable bonds is 3. The average Bonchev–Trinajstić information content (AvgIpc) is 2.35. The number of carboxylic acids is 1. The van der Waals surface area contributed by atoms with Crippen molar-refractivity contribution in [3.63, 3.8) is 0 Å². The van der Waals surface area contributed by atoms with Gasteiger partial charge in [-0.25, -0.2) is 4.79 Å². The number of halogens is 1. The van der Waals surface area contributed by atoms with E-state index in [2.05, 4.69) is 21.7 Å². The third-order valence-corrected chi connectivity index (χ3v) is 4.25. The number of carbonyl (C=O) groups excluding carboxylic acids is 2. The van der Waals surface area contributed by atoms with E-state index in [9.17, 15) is 19.5 Å². The van der Waals surface area contributed by atoms with E-state index in [1.807, 2.05) is 0 Å². The van der Waals surface area contributed by atoms with Gasteiger partial charge in [0.15, 0.2) is 0 Å². The zero-order valence-corrected chi connectivity index (χ0v) is 12.8. The van der Waals surface area contributed by atoms with Gasteiger partial charge in [-0.15, -0.1) is 0 Å². The number of thioether (sulfide) groups is 1. The molecule has 0 aromatic heterocycles. The van der Waals surface area contributed by atoms with Gasteiger partial charge < -0.3 is 9.84 Å². The summed E-state index contributed by atoms with van der Waals surface area (Å²) in [5, 5.41) is 9.10. The van der Waals surface area contributed by atoms with Crippen LogP contribution in [0.15, 0.2) is 26.9 Å². The summed E-state index contributed by atoms with van der Waals surface area (Å²) < 4.78 is 4.88. The third-order valence-electron chi connectivity index (χ3n) is 2.77. The van der Waals surface area contributed by atoms with Crippen LogP contribution in [0.3, 0.4) is 0 Å². The Kier molecular flexibility index (Phi) is 4.37.